The highest BCUT2D eigenvalue weighted by Crippen LogP contribution is 2.53. The maximum absolute atomic E-state index is 14.4. The van der Waals surface area contributed by atoms with Crippen molar-refractivity contribution in [3.63, 3.8) is 0 Å². The Morgan fingerprint density at radius 3 is 2.32 bits per heavy atom. The minimum absolute atomic E-state index is 0.0677. The molecule has 0 spiro atoms. The maximum atomic E-state index is 14.4. The number of carbonyl (C=O) groups excluding carboxylic acids is 2. The zero-order valence-corrected chi connectivity index (χ0v) is 18.4. The summed E-state index contributed by atoms with van der Waals surface area (Å²) in [5.74, 6) is -1.59. The summed E-state index contributed by atoms with van der Waals surface area (Å²) in [6, 6.07) is 9.79. The van der Waals surface area contributed by atoms with Gasteiger partial charge in [0.05, 0.1) is 5.56 Å². The number of carbonyl (C=O) groups is 2. The van der Waals surface area contributed by atoms with Gasteiger partial charge < -0.3 is 21.5 Å². The van der Waals surface area contributed by atoms with E-state index in [9.17, 15) is 32.3 Å². The van der Waals surface area contributed by atoms with Gasteiger partial charge in [0.1, 0.15) is 16.4 Å². The van der Waals surface area contributed by atoms with Gasteiger partial charge in [0, 0.05) is 11.3 Å². The van der Waals surface area contributed by atoms with E-state index in [0.29, 0.717) is 6.08 Å². The fourth-order valence-electron chi connectivity index (χ4n) is 3.66. The summed E-state index contributed by atoms with van der Waals surface area (Å²) in [6.45, 7) is 0.894. The van der Waals surface area contributed by atoms with Gasteiger partial charge in [0.2, 0.25) is 0 Å². The fourth-order valence-corrected chi connectivity index (χ4v) is 4.14. The van der Waals surface area contributed by atoms with Crippen molar-refractivity contribution < 1.29 is 32.3 Å². The molecule has 5 N–H and O–H groups in total. The Balaban J connectivity index is 2.13. The van der Waals surface area contributed by atoms with Crippen molar-refractivity contribution in [3.8, 4) is 0 Å². The van der Waals surface area contributed by atoms with Crippen LogP contribution in [0.2, 0.25) is 0 Å². The lowest BCUT2D eigenvalue weighted by Crippen LogP contribution is -2.62. The number of benzene rings is 2. The Hall–Kier alpha value is -3.57. The molecule has 0 bridgehead atoms. The minimum Gasteiger partial charge on any atom is -0.384 e. The Labute approximate surface area is 197 Å². The van der Waals surface area contributed by atoms with Crippen molar-refractivity contribution in [2.75, 3.05) is 5.32 Å². The van der Waals surface area contributed by atoms with E-state index in [1.54, 1.807) is 5.32 Å². The van der Waals surface area contributed by atoms with Crippen LogP contribution in [0.1, 0.15) is 22.8 Å². The molecule has 0 radical (unpaired) electrons. The predicted molar refractivity (Wildman–Crippen MR) is 122 cm³/mol. The summed E-state index contributed by atoms with van der Waals surface area (Å²) in [7, 11) is 0. The topological polar surface area (TPSA) is 104 Å². The number of halogens is 4. The number of urea groups is 1. The number of thiocarbonyl (C=S) groups is 1. The van der Waals surface area contributed by atoms with Crippen LogP contribution in [-0.2, 0) is 0 Å². The van der Waals surface area contributed by atoms with E-state index in [4.69, 9.17) is 18.0 Å². The number of nitrogens with one attached hydrogen (secondary N) is 2. The molecule has 3 rings (SSSR count). The zero-order chi connectivity index (χ0) is 25.3. The van der Waals surface area contributed by atoms with Gasteiger partial charge in [0.25, 0.3) is 5.91 Å². The van der Waals surface area contributed by atoms with Crippen molar-refractivity contribution in [2.24, 2.45) is 11.1 Å². The molecule has 0 heterocycles. The zero-order valence-electron chi connectivity index (χ0n) is 17.6. The van der Waals surface area contributed by atoms with E-state index in [0.717, 1.165) is 19.1 Å². The number of allylic oxidation sites excluding steroid dienone is 2. The molecule has 1 aliphatic carbocycles. The van der Waals surface area contributed by atoms with Crippen LogP contribution >= 0.6 is 12.2 Å². The summed E-state index contributed by atoms with van der Waals surface area (Å²) < 4.78 is 57.3. The second-order valence-corrected chi connectivity index (χ2v) is 8.09. The summed E-state index contributed by atoms with van der Waals surface area (Å²) in [5, 5.41) is 15.0. The number of hydrogen-bond donors (Lipinski definition) is 4. The maximum Gasteiger partial charge on any atom is 0.407 e. The first-order valence-electron chi connectivity index (χ1n) is 9.77. The third-order valence-corrected chi connectivity index (χ3v) is 5.83. The van der Waals surface area contributed by atoms with Gasteiger partial charge >= 0.3 is 12.2 Å². The first-order chi connectivity index (χ1) is 15.8. The largest absolute Gasteiger partial charge is 0.407 e. The number of aliphatic hydroxyl groups is 1. The molecule has 0 saturated heterocycles. The van der Waals surface area contributed by atoms with Crippen molar-refractivity contribution in [2.45, 2.75) is 18.7 Å². The van der Waals surface area contributed by atoms with Crippen LogP contribution in [0.25, 0.3) is 5.57 Å². The summed E-state index contributed by atoms with van der Waals surface area (Å²) in [4.78, 5) is 22.8. The van der Waals surface area contributed by atoms with Crippen LogP contribution in [0.4, 0.5) is 28.0 Å². The molecule has 6 nitrogen and oxygen atoms in total. The van der Waals surface area contributed by atoms with Crippen LogP contribution in [0.3, 0.4) is 0 Å². The number of primary amides is 1. The molecule has 178 valence electrons. The normalized spacial score (nSPS) is 22.0. The van der Waals surface area contributed by atoms with Crippen LogP contribution in [0.15, 0.2) is 66.8 Å². The second kappa shape index (κ2) is 8.99. The molecule has 0 aliphatic heterocycles. The van der Waals surface area contributed by atoms with Gasteiger partial charge in [0.15, 0.2) is 5.41 Å². The SMILES string of the molecule is CC1(O)C=CC(c2ccccc2NC(=O)c2ccccc2F)=CC1(C(=S)NC(N)=O)C(F)(F)F. The Kier molecular flexibility index (Phi) is 6.63. The predicted octanol–water partition coefficient (Wildman–Crippen LogP) is 4.33. The highest BCUT2D eigenvalue weighted by Gasteiger charge is 2.66. The summed E-state index contributed by atoms with van der Waals surface area (Å²) >= 11 is 4.86. The molecule has 3 amide bonds. The molecule has 2 aromatic carbocycles. The molecular formula is C23H19F4N3O3S. The molecule has 0 fully saturated rings. The Bertz CT molecular complexity index is 1220. The van der Waals surface area contributed by atoms with Gasteiger partial charge in [-0.15, -0.1) is 0 Å². The first-order valence-corrected chi connectivity index (χ1v) is 10.2. The third-order valence-electron chi connectivity index (χ3n) is 5.40. The van der Waals surface area contributed by atoms with E-state index in [2.05, 4.69) is 5.32 Å². The molecule has 0 aromatic heterocycles. The molecule has 1 aliphatic rings. The van der Waals surface area contributed by atoms with Gasteiger partial charge in [-0.2, -0.15) is 13.2 Å². The highest BCUT2D eigenvalue weighted by molar-refractivity contribution is 7.80. The molecule has 34 heavy (non-hydrogen) atoms. The first kappa shape index (κ1) is 25.1. The molecule has 2 atom stereocenters. The lowest BCUT2D eigenvalue weighted by atomic mass is 9.67. The van der Waals surface area contributed by atoms with E-state index in [1.807, 2.05) is 0 Å². The second-order valence-electron chi connectivity index (χ2n) is 7.68. The van der Waals surface area contributed by atoms with Crippen molar-refractivity contribution in [1.29, 1.82) is 0 Å². The van der Waals surface area contributed by atoms with Gasteiger partial charge in [-0.3, -0.25) is 4.79 Å². The van der Waals surface area contributed by atoms with E-state index >= 15 is 0 Å². The molecule has 2 aromatic rings. The standard InChI is InChI=1S/C23H19F4N3O3S/c1-21(33)11-10-13(12-22(21,23(25,26)27)19(34)30-20(28)32)14-6-3-5-9-17(14)29-18(31)15-7-2-4-8-16(15)24/h2-12,33H,1H3,(H,29,31)(H3,28,30,32,34). The van der Waals surface area contributed by atoms with E-state index in [1.165, 1.54) is 48.5 Å². The molecular weight excluding hydrogens is 474 g/mol. The van der Waals surface area contributed by atoms with Crippen molar-refractivity contribution >= 4 is 40.4 Å². The van der Waals surface area contributed by atoms with Crippen molar-refractivity contribution in [3.05, 3.63) is 83.7 Å². The van der Waals surface area contributed by atoms with E-state index < -0.39 is 39.9 Å². The third kappa shape index (κ3) is 4.44. The van der Waals surface area contributed by atoms with Crippen LogP contribution in [-0.4, -0.2) is 33.8 Å². The lowest BCUT2D eigenvalue weighted by Gasteiger charge is -2.45. The summed E-state index contributed by atoms with van der Waals surface area (Å²) in [6.07, 6.45) is -2.37. The average Bonchev–Trinajstić information content (AvgIpc) is 2.73. The number of anilines is 1. The highest BCUT2D eigenvalue weighted by atomic mass is 32.1. The minimum atomic E-state index is -5.16. The monoisotopic (exact) mass is 493 g/mol. The van der Waals surface area contributed by atoms with Gasteiger partial charge in [-0.1, -0.05) is 60.8 Å². The Morgan fingerprint density at radius 1 is 1.09 bits per heavy atom. The molecule has 0 saturated carbocycles. The molecule has 2 unspecified atom stereocenters. The smallest absolute Gasteiger partial charge is 0.384 e. The summed E-state index contributed by atoms with van der Waals surface area (Å²) in [5.41, 5.74) is -0.941. The molecule has 11 heteroatoms. The number of hydrogen-bond acceptors (Lipinski definition) is 4. The van der Waals surface area contributed by atoms with Crippen LogP contribution in [0.5, 0.6) is 0 Å². The van der Waals surface area contributed by atoms with Gasteiger partial charge in [-0.05, 0) is 30.7 Å². The number of rotatable bonds is 4. The van der Waals surface area contributed by atoms with Crippen molar-refractivity contribution in [1.82, 2.24) is 5.32 Å². The van der Waals surface area contributed by atoms with E-state index in [-0.39, 0.29) is 22.4 Å². The Morgan fingerprint density at radius 2 is 1.71 bits per heavy atom. The van der Waals surface area contributed by atoms with Crippen LogP contribution in [0, 0.1) is 11.2 Å². The number of amides is 3. The number of nitrogens with two attached hydrogens (primary N) is 1. The number of para-hydroxylation sites is 1. The van der Waals surface area contributed by atoms with Gasteiger partial charge in [-0.25, -0.2) is 9.18 Å². The fraction of sp³-hybridized carbons (Fsp3) is 0.174. The van der Waals surface area contributed by atoms with Crippen LogP contribution < -0.4 is 16.4 Å². The quantitative estimate of drug-likeness (QED) is 0.376. The average molecular weight is 493 g/mol. The lowest BCUT2D eigenvalue weighted by molar-refractivity contribution is -0.221. The number of alkyl halides is 3.